The Kier molecular flexibility index (Phi) is 5.69. The van der Waals surface area contributed by atoms with Crippen LogP contribution in [0, 0.1) is 0 Å². The predicted molar refractivity (Wildman–Crippen MR) is 104 cm³/mol. The van der Waals surface area contributed by atoms with Crippen LogP contribution in [0.15, 0.2) is 36.4 Å². The molecule has 1 aromatic carbocycles. The fraction of sp³-hybridized carbons (Fsp3) is 0.400. The molecule has 0 radical (unpaired) electrons. The zero-order valence-corrected chi connectivity index (χ0v) is 15.9. The van der Waals surface area contributed by atoms with Gasteiger partial charge in [0, 0.05) is 43.2 Å². The van der Waals surface area contributed by atoms with Crippen molar-refractivity contribution in [1.82, 2.24) is 20.4 Å². The Morgan fingerprint density at radius 2 is 1.85 bits per heavy atom. The van der Waals surface area contributed by atoms with Crippen LogP contribution < -0.4 is 10.6 Å². The minimum atomic E-state index is -0.0608. The molecule has 2 aromatic rings. The van der Waals surface area contributed by atoms with Gasteiger partial charge < -0.3 is 15.5 Å². The molecular formula is C20H25N5O2. The Bertz CT molecular complexity index is 802. The summed E-state index contributed by atoms with van der Waals surface area (Å²) in [5.74, 6) is 0.662. The molecule has 1 atom stereocenters. The third kappa shape index (κ3) is 4.81. The Hall–Kier alpha value is -2.96. The molecule has 1 aromatic heterocycles. The lowest BCUT2D eigenvalue weighted by Crippen LogP contribution is -2.37. The Labute approximate surface area is 159 Å². The van der Waals surface area contributed by atoms with Crippen molar-refractivity contribution in [3.8, 4) is 11.3 Å². The highest BCUT2D eigenvalue weighted by molar-refractivity contribution is 5.95. The topological polar surface area (TPSA) is 87.2 Å². The maximum absolute atomic E-state index is 12.7. The molecule has 0 spiro atoms. The number of hydrogen-bond acceptors (Lipinski definition) is 5. The summed E-state index contributed by atoms with van der Waals surface area (Å²) in [5, 5.41) is 14.5. The number of nitrogens with one attached hydrogen (secondary N) is 2. The second-order valence-electron chi connectivity index (χ2n) is 7.12. The molecule has 1 fully saturated rings. The molecule has 0 bridgehead atoms. The van der Waals surface area contributed by atoms with Gasteiger partial charge >= 0.3 is 0 Å². The molecule has 7 nitrogen and oxygen atoms in total. The normalized spacial score (nSPS) is 16.4. The number of carbonyl (C=O) groups excluding carboxylic acids is 2. The van der Waals surface area contributed by atoms with Crippen LogP contribution >= 0.6 is 0 Å². The van der Waals surface area contributed by atoms with E-state index in [0.29, 0.717) is 24.7 Å². The maximum Gasteiger partial charge on any atom is 0.253 e. The first-order chi connectivity index (χ1) is 12.9. The Morgan fingerprint density at radius 3 is 2.44 bits per heavy atom. The monoisotopic (exact) mass is 367 g/mol. The number of aromatic nitrogens is 2. The lowest BCUT2D eigenvalue weighted by Gasteiger charge is -2.17. The van der Waals surface area contributed by atoms with E-state index in [0.717, 1.165) is 23.5 Å². The number of likely N-dealkylation sites (tertiary alicyclic amines) is 1. The number of benzene rings is 1. The van der Waals surface area contributed by atoms with Gasteiger partial charge in [-0.15, -0.1) is 10.2 Å². The quantitative estimate of drug-likeness (QED) is 0.847. The highest BCUT2D eigenvalue weighted by atomic mass is 16.2. The second kappa shape index (κ2) is 8.16. The standard InChI is InChI=1S/C20H25N5O2/c1-13(2)21-19-9-8-18(23-24-19)15-4-6-16(7-5-15)20(27)25-11-10-17(12-25)22-14(3)26/h4-9,13,17H,10-12H2,1-3H3,(H,21,24)(H,22,26)/t17-/m1/s1. The molecular weight excluding hydrogens is 342 g/mol. The molecule has 3 rings (SSSR count). The number of anilines is 1. The highest BCUT2D eigenvalue weighted by Crippen LogP contribution is 2.20. The fourth-order valence-corrected chi connectivity index (χ4v) is 3.18. The van der Waals surface area contributed by atoms with Crippen molar-refractivity contribution in [1.29, 1.82) is 0 Å². The van der Waals surface area contributed by atoms with Crippen molar-refractivity contribution < 1.29 is 9.59 Å². The maximum atomic E-state index is 12.7. The summed E-state index contributed by atoms with van der Waals surface area (Å²) in [5.41, 5.74) is 2.30. The Balaban J connectivity index is 1.65. The predicted octanol–water partition coefficient (Wildman–Crippen LogP) is 2.31. The van der Waals surface area contributed by atoms with Crippen LogP contribution in [-0.2, 0) is 4.79 Å². The summed E-state index contributed by atoms with van der Waals surface area (Å²) in [4.78, 5) is 25.6. The smallest absolute Gasteiger partial charge is 0.253 e. The van der Waals surface area contributed by atoms with Crippen molar-refractivity contribution in [2.75, 3.05) is 18.4 Å². The van der Waals surface area contributed by atoms with Gasteiger partial charge in [0.25, 0.3) is 5.91 Å². The van der Waals surface area contributed by atoms with Crippen molar-refractivity contribution in [2.45, 2.75) is 39.3 Å². The van der Waals surface area contributed by atoms with Crippen LogP contribution in [0.5, 0.6) is 0 Å². The molecule has 0 aliphatic carbocycles. The summed E-state index contributed by atoms with van der Waals surface area (Å²) >= 11 is 0. The number of hydrogen-bond donors (Lipinski definition) is 2. The van der Waals surface area contributed by atoms with E-state index in [-0.39, 0.29) is 17.9 Å². The molecule has 1 aliphatic heterocycles. The van der Waals surface area contributed by atoms with Gasteiger partial charge in [-0.25, -0.2) is 0 Å². The van der Waals surface area contributed by atoms with Crippen LogP contribution in [0.4, 0.5) is 5.82 Å². The van der Waals surface area contributed by atoms with E-state index >= 15 is 0 Å². The van der Waals surface area contributed by atoms with Crippen LogP contribution in [-0.4, -0.2) is 52.1 Å². The van der Waals surface area contributed by atoms with Crippen LogP contribution in [0.25, 0.3) is 11.3 Å². The summed E-state index contributed by atoms with van der Waals surface area (Å²) in [6.07, 6.45) is 0.787. The van der Waals surface area contributed by atoms with Gasteiger partial charge in [0.05, 0.1) is 5.69 Å². The summed E-state index contributed by atoms with van der Waals surface area (Å²) < 4.78 is 0. The first-order valence-electron chi connectivity index (χ1n) is 9.19. The SMILES string of the molecule is CC(=O)N[C@@H]1CCN(C(=O)c2ccc(-c3ccc(NC(C)C)nn3)cc2)C1. The number of amides is 2. The molecule has 1 aliphatic rings. The molecule has 2 amide bonds. The first-order valence-corrected chi connectivity index (χ1v) is 9.19. The van der Waals surface area contributed by atoms with Crippen molar-refractivity contribution in [3.05, 3.63) is 42.0 Å². The third-order valence-electron chi connectivity index (χ3n) is 4.41. The minimum Gasteiger partial charge on any atom is -0.366 e. The lowest BCUT2D eigenvalue weighted by atomic mass is 10.1. The zero-order valence-electron chi connectivity index (χ0n) is 15.9. The first kappa shape index (κ1) is 18.8. The third-order valence-corrected chi connectivity index (χ3v) is 4.41. The summed E-state index contributed by atoms with van der Waals surface area (Å²) in [7, 11) is 0. The molecule has 0 saturated carbocycles. The second-order valence-corrected chi connectivity index (χ2v) is 7.12. The minimum absolute atomic E-state index is 0.0167. The van der Waals surface area contributed by atoms with Gasteiger partial charge in [-0.1, -0.05) is 12.1 Å². The van der Waals surface area contributed by atoms with E-state index in [9.17, 15) is 9.59 Å². The molecule has 142 valence electrons. The van der Waals surface area contributed by atoms with E-state index in [1.165, 1.54) is 6.92 Å². The van der Waals surface area contributed by atoms with Gasteiger partial charge in [0.1, 0.15) is 5.82 Å². The van der Waals surface area contributed by atoms with Gasteiger partial charge in [-0.2, -0.15) is 0 Å². The average Bonchev–Trinajstić information content (AvgIpc) is 3.09. The molecule has 27 heavy (non-hydrogen) atoms. The van der Waals surface area contributed by atoms with Crippen molar-refractivity contribution >= 4 is 17.6 Å². The average molecular weight is 367 g/mol. The molecule has 1 saturated heterocycles. The summed E-state index contributed by atoms with van der Waals surface area (Å²) in [6.45, 7) is 6.79. The van der Waals surface area contributed by atoms with E-state index < -0.39 is 0 Å². The van der Waals surface area contributed by atoms with Crippen LogP contribution in [0.1, 0.15) is 37.6 Å². The lowest BCUT2D eigenvalue weighted by molar-refractivity contribution is -0.119. The van der Waals surface area contributed by atoms with Crippen LogP contribution in [0.2, 0.25) is 0 Å². The number of rotatable bonds is 5. The zero-order chi connectivity index (χ0) is 19.4. The number of carbonyl (C=O) groups is 2. The Morgan fingerprint density at radius 1 is 1.11 bits per heavy atom. The molecule has 2 heterocycles. The van der Waals surface area contributed by atoms with Crippen molar-refractivity contribution in [3.63, 3.8) is 0 Å². The van der Waals surface area contributed by atoms with E-state index in [1.807, 2.05) is 50.2 Å². The molecule has 0 unspecified atom stereocenters. The van der Waals surface area contributed by atoms with Crippen LogP contribution in [0.3, 0.4) is 0 Å². The van der Waals surface area contributed by atoms with E-state index in [2.05, 4.69) is 20.8 Å². The van der Waals surface area contributed by atoms with Gasteiger partial charge in [0.15, 0.2) is 0 Å². The van der Waals surface area contributed by atoms with Gasteiger partial charge in [0.2, 0.25) is 5.91 Å². The fourth-order valence-electron chi connectivity index (χ4n) is 3.18. The van der Waals surface area contributed by atoms with E-state index in [4.69, 9.17) is 0 Å². The summed E-state index contributed by atoms with van der Waals surface area (Å²) in [6, 6.07) is 11.5. The highest BCUT2D eigenvalue weighted by Gasteiger charge is 2.27. The van der Waals surface area contributed by atoms with Gasteiger partial charge in [-0.3, -0.25) is 9.59 Å². The largest absolute Gasteiger partial charge is 0.366 e. The van der Waals surface area contributed by atoms with E-state index in [1.54, 1.807) is 4.90 Å². The van der Waals surface area contributed by atoms with Gasteiger partial charge in [-0.05, 0) is 44.5 Å². The molecule has 2 N–H and O–H groups in total. The number of nitrogens with zero attached hydrogens (tertiary/aromatic N) is 3. The van der Waals surface area contributed by atoms with Crippen molar-refractivity contribution in [2.24, 2.45) is 0 Å². The molecule has 7 heteroatoms.